The minimum absolute atomic E-state index is 0.206. The zero-order chi connectivity index (χ0) is 12.4. The van der Waals surface area contributed by atoms with Crippen molar-refractivity contribution in [3.05, 3.63) is 0 Å². The Hall–Kier alpha value is -0.940. The van der Waals surface area contributed by atoms with E-state index in [1.807, 2.05) is 0 Å². The molecule has 0 aliphatic carbocycles. The highest BCUT2D eigenvalue weighted by Crippen LogP contribution is 2.23. The van der Waals surface area contributed by atoms with E-state index in [1.165, 1.54) is 0 Å². The summed E-state index contributed by atoms with van der Waals surface area (Å²) in [5.74, 6) is 0.206. The Kier molecular flexibility index (Phi) is 7.76. The lowest BCUT2D eigenvalue weighted by Gasteiger charge is -2.05. The molecule has 16 heavy (non-hydrogen) atoms. The number of amidine groups is 1. The van der Waals surface area contributed by atoms with E-state index >= 15 is 0 Å². The first-order chi connectivity index (χ1) is 7.45. The molecule has 0 aromatic carbocycles. The summed E-state index contributed by atoms with van der Waals surface area (Å²) in [6.07, 6.45) is 0.0925. The number of unbranched alkanes of at least 4 members (excludes halogenated alkanes) is 5. The maximum absolute atomic E-state index is 11.8. The van der Waals surface area contributed by atoms with Gasteiger partial charge >= 0.3 is 6.18 Å². The van der Waals surface area contributed by atoms with Gasteiger partial charge in [-0.2, -0.15) is 13.2 Å². The molecule has 0 aromatic heterocycles. The third kappa shape index (κ3) is 11.1. The number of hydrogen-bond donors (Lipinski definition) is 2. The van der Waals surface area contributed by atoms with Crippen molar-refractivity contribution in [1.82, 2.24) is 0 Å². The van der Waals surface area contributed by atoms with Crippen LogP contribution in [0.2, 0.25) is 0 Å². The van der Waals surface area contributed by atoms with Crippen LogP contribution in [0.25, 0.3) is 0 Å². The molecule has 0 fully saturated rings. The van der Waals surface area contributed by atoms with Crippen LogP contribution in [0.15, 0.2) is 5.16 Å². The second kappa shape index (κ2) is 8.24. The summed E-state index contributed by atoms with van der Waals surface area (Å²) >= 11 is 0. The van der Waals surface area contributed by atoms with E-state index in [0.717, 1.165) is 25.7 Å². The Morgan fingerprint density at radius 2 is 1.50 bits per heavy atom. The van der Waals surface area contributed by atoms with E-state index in [1.54, 1.807) is 0 Å². The topological polar surface area (TPSA) is 58.6 Å². The van der Waals surface area contributed by atoms with E-state index < -0.39 is 12.6 Å². The summed E-state index contributed by atoms with van der Waals surface area (Å²) in [5, 5.41) is 11.1. The van der Waals surface area contributed by atoms with Crippen LogP contribution < -0.4 is 5.73 Å². The molecule has 0 radical (unpaired) electrons. The van der Waals surface area contributed by atoms with Crippen molar-refractivity contribution in [3.8, 4) is 0 Å². The standard InChI is InChI=1S/C10H19F3N2O/c11-10(12,13)8-6-4-2-1-3-5-7-9(14)15-16/h16H,1-8H2,(H2,14,15). The SMILES string of the molecule is NC(CCCCCCCCC(F)(F)F)=NO. The Balaban J connectivity index is 3.16. The largest absolute Gasteiger partial charge is 0.409 e. The number of halogens is 3. The molecule has 0 spiro atoms. The molecular weight excluding hydrogens is 221 g/mol. The number of rotatable bonds is 8. The van der Waals surface area contributed by atoms with Crippen LogP contribution >= 0.6 is 0 Å². The minimum atomic E-state index is -4.02. The van der Waals surface area contributed by atoms with Gasteiger partial charge in [0.1, 0.15) is 5.84 Å². The Labute approximate surface area is 93.5 Å². The number of oxime groups is 1. The summed E-state index contributed by atoms with van der Waals surface area (Å²) < 4.78 is 35.3. The van der Waals surface area contributed by atoms with Crippen molar-refractivity contribution >= 4 is 5.84 Å². The molecule has 0 aliphatic rings. The van der Waals surface area contributed by atoms with Crippen molar-refractivity contribution in [2.75, 3.05) is 0 Å². The van der Waals surface area contributed by atoms with E-state index in [9.17, 15) is 13.2 Å². The second-order valence-corrected chi connectivity index (χ2v) is 3.83. The van der Waals surface area contributed by atoms with Crippen molar-refractivity contribution in [1.29, 1.82) is 0 Å². The summed E-state index contributed by atoms with van der Waals surface area (Å²) in [6, 6.07) is 0. The van der Waals surface area contributed by atoms with Gasteiger partial charge in [0, 0.05) is 12.8 Å². The molecule has 0 atom stereocenters. The van der Waals surface area contributed by atoms with Crippen LogP contribution in [0.3, 0.4) is 0 Å². The van der Waals surface area contributed by atoms with Gasteiger partial charge in [0.15, 0.2) is 0 Å². The van der Waals surface area contributed by atoms with Gasteiger partial charge in [-0.1, -0.05) is 30.8 Å². The summed E-state index contributed by atoms with van der Waals surface area (Å²) in [5.41, 5.74) is 5.26. The normalized spacial score (nSPS) is 13.1. The van der Waals surface area contributed by atoms with E-state index in [-0.39, 0.29) is 12.3 Å². The molecule has 0 saturated carbocycles. The van der Waals surface area contributed by atoms with Crippen LogP contribution in [0, 0.1) is 0 Å². The predicted octanol–water partition coefficient (Wildman–Crippen LogP) is 3.42. The highest BCUT2D eigenvalue weighted by atomic mass is 19.4. The van der Waals surface area contributed by atoms with Crippen LogP contribution in [0.4, 0.5) is 13.2 Å². The average molecular weight is 240 g/mol. The monoisotopic (exact) mass is 240 g/mol. The van der Waals surface area contributed by atoms with Crippen LogP contribution in [0.1, 0.15) is 51.4 Å². The number of nitrogens with zero attached hydrogens (tertiary/aromatic N) is 1. The first kappa shape index (κ1) is 15.1. The molecule has 0 aliphatic heterocycles. The van der Waals surface area contributed by atoms with Crippen LogP contribution in [0.5, 0.6) is 0 Å². The van der Waals surface area contributed by atoms with Crippen molar-refractivity contribution < 1.29 is 18.4 Å². The molecule has 96 valence electrons. The molecule has 0 bridgehead atoms. The summed E-state index contributed by atoms with van der Waals surface area (Å²) in [4.78, 5) is 0. The van der Waals surface area contributed by atoms with Gasteiger partial charge in [-0.25, -0.2) is 0 Å². The van der Waals surface area contributed by atoms with Gasteiger partial charge < -0.3 is 10.9 Å². The Morgan fingerprint density at radius 1 is 1.00 bits per heavy atom. The van der Waals surface area contributed by atoms with Gasteiger partial charge in [0.25, 0.3) is 0 Å². The quantitative estimate of drug-likeness (QED) is 0.224. The first-order valence-electron chi connectivity index (χ1n) is 5.49. The van der Waals surface area contributed by atoms with E-state index in [4.69, 9.17) is 10.9 Å². The Morgan fingerprint density at radius 3 is 2.00 bits per heavy atom. The molecule has 0 heterocycles. The van der Waals surface area contributed by atoms with Gasteiger partial charge in [0.05, 0.1) is 0 Å². The highest BCUT2D eigenvalue weighted by molar-refractivity contribution is 5.79. The lowest BCUT2D eigenvalue weighted by atomic mass is 10.1. The molecule has 6 heteroatoms. The molecule has 0 saturated heterocycles. The maximum atomic E-state index is 11.8. The lowest BCUT2D eigenvalue weighted by molar-refractivity contribution is -0.135. The Bertz CT molecular complexity index is 205. The molecule has 3 N–H and O–H groups in total. The highest BCUT2D eigenvalue weighted by Gasteiger charge is 2.25. The van der Waals surface area contributed by atoms with Crippen molar-refractivity contribution in [2.45, 2.75) is 57.5 Å². The third-order valence-corrected chi connectivity index (χ3v) is 2.27. The number of alkyl halides is 3. The maximum Gasteiger partial charge on any atom is 0.389 e. The molecule has 0 rings (SSSR count). The fourth-order valence-corrected chi connectivity index (χ4v) is 1.39. The zero-order valence-corrected chi connectivity index (χ0v) is 9.26. The molecule has 3 nitrogen and oxygen atoms in total. The molecule has 0 unspecified atom stereocenters. The first-order valence-corrected chi connectivity index (χ1v) is 5.49. The summed E-state index contributed by atoms with van der Waals surface area (Å²) in [7, 11) is 0. The minimum Gasteiger partial charge on any atom is -0.409 e. The predicted molar refractivity (Wildman–Crippen MR) is 56.4 cm³/mol. The third-order valence-electron chi connectivity index (χ3n) is 2.27. The van der Waals surface area contributed by atoms with Crippen molar-refractivity contribution in [3.63, 3.8) is 0 Å². The molecule has 0 aromatic rings. The molecule has 0 amide bonds. The average Bonchev–Trinajstić information content (AvgIpc) is 2.20. The lowest BCUT2D eigenvalue weighted by Crippen LogP contribution is -2.10. The summed E-state index contributed by atoms with van der Waals surface area (Å²) in [6.45, 7) is 0. The van der Waals surface area contributed by atoms with Gasteiger partial charge in [-0.15, -0.1) is 0 Å². The van der Waals surface area contributed by atoms with Gasteiger partial charge in [-0.05, 0) is 12.8 Å². The second-order valence-electron chi connectivity index (χ2n) is 3.83. The fourth-order valence-electron chi connectivity index (χ4n) is 1.39. The number of nitrogens with two attached hydrogens (primary N) is 1. The van der Waals surface area contributed by atoms with Crippen LogP contribution in [-0.4, -0.2) is 17.2 Å². The van der Waals surface area contributed by atoms with Gasteiger partial charge in [0.2, 0.25) is 0 Å². The van der Waals surface area contributed by atoms with E-state index in [2.05, 4.69) is 5.16 Å². The smallest absolute Gasteiger partial charge is 0.389 e. The molecular formula is C10H19F3N2O. The number of hydrogen-bond acceptors (Lipinski definition) is 2. The zero-order valence-electron chi connectivity index (χ0n) is 9.26. The van der Waals surface area contributed by atoms with Crippen LogP contribution in [-0.2, 0) is 0 Å². The van der Waals surface area contributed by atoms with Gasteiger partial charge in [-0.3, -0.25) is 0 Å². The fraction of sp³-hybridized carbons (Fsp3) is 0.900. The van der Waals surface area contributed by atoms with Crippen molar-refractivity contribution in [2.24, 2.45) is 10.9 Å². The van der Waals surface area contributed by atoms with E-state index in [0.29, 0.717) is 12.8 Å².